The number of rotatable bonds is 73. The van der Waals surface area contributed by atoms with Crippen LogP contribution in [0.1, 0.15) is 383 Å². The van der Waals surface area contributed by atoms with Crippen molar-refractivity contribution in [2.75, 3.05) is 39.6 Å². The summed E-state index contributed by atoms with van der Waals surface area (Å²) < 4.78 is 68.4. The van der Waals surface area contributed by atoms with Gasteiger partial charge in [0.2, 0.25) is 0 Å². The fourth-order valence-electron chi connectivity index (χ4n) is 11.5. The molecule has 0 aliphatic rings. The molecule has 3 unspecified atom stereocenters. The molecule has 0 aromatic rings. The van der Waals surface area contributed by atoms with Gasteiger partial charge in [0.15, 0.2) is 12.2 Å². The minimum absolute atomic E-state index is 0.105. The third kappa shape index (κ3) is 69.0. The molecule has 17 nitrogen and oxygen atoms in total. The molecule has 3 N–H and O–H groups in total. The number of hydrogen-bond acceptors (Lipinski definition) is 15. The van der Waals surface area contributed by atoms with Crippen molar-refractivity contribution in [3.8, 4) is 0 Å². The second kappa shape index (κ2) is 65.4. The summed E-state index contributed by atoms with van der Waals surface area (Å²) in [5.41, 5.74) is 0. The lowest BCUT2D eigenvalue weighted by Crippen LogP contribution is -2.30. The van der Waals surface area contributed by atoms with Crippen LogP contribution in [0, 0.1) is 23.7 Å². The van der Waals surface area contributed by atoms with E-state index < -0.39 is 97.5 Å². The molecule has 6 atom stereocenters. The Morgan fingerprint density at radius 3 is 0.747 bits per heavy atom. The Morgan fingerprint density at radius 2 is 0.505 bits per heavy atom. The fraction of sp³-hybridized carbons (Fsp3) is 0.947. The second-order valence-corrected chi connectivity index (χ2v) is 32.0. The van der Waals surface area contributed by atoms with E-state index >= 15 is 0 Å². The van der Waals surface area contributed by atoms with E-state index in [1.165, 1.54) is 173 Å². The predicted octanol–water partition coefficient (Wildman–Crippen LogP) is 22.0. The van der Waals surface area contributed by atoms with Gasteiger partial charge in [-0.1, -0.05) is 331 Å². The average molecular weight is 1400 g/mol. The van der Waals surface area contributed by atoms with Gasteiger partial charge in [0.1, 0.15) is 19.3 Å². The van der Waals surface area contributed by atoms with Crippen LogP contribution in [-0.2, 0) is 65.4 Å². The Bertz CT molecular complexity index is 1870. The first-order valence-electron chi connectivity index (χ1n) is 39.2. The van der Waals surface area contributed by atoms with Gasteiger partial charge >= 0.3 is 39.5 Å². The fourth-order valence-corrected chi connectivity index (χ4v) is 13.1. The van der Waals surface area contributed by atoms with Crippen molar-refractivity contribution in [1.82, 2.24) is 0 Å². The van der Waals surface area contributed by atoms with Crippen molar-refractivity contribution in [3.63, 3.8) is 0 Å². The van der Waals surface area contributed by atoms with Gasteiger partial charge in [-0.3, -0.25) is 37.3 Å². The van der Waals surface area contributed by atoms with Crippen LogP contribution in [0.15, 0.2) is 0 Å². The van der Waals surface area contributed by atoms with E-state index in [4.69, 9.17) is 37.0 Å². The zero-order valence-corrected chi connectivity index (χ0v) is 64.1. The van der Waals surface area contributed by atoms with Gasteiger partial charge in [0.25, 0.3) is 0 Å². The third-order valence-corrected chi connectivity index (χ3v) is 19.8. The lowest BCUT2D eigenvalue weighted by molar-refractivity contribution is -0.161. The summed E-state index contributed by atoms with van der Waals surface area (Å²) in [5.74, 6) is 0.880. The number of phosphoric acid groups is 2. The molecule has 0 radical (unpaired) electrons. The van der Waals surface area contributed by atoms with E-state index in [0.29, 0.717) is 37.5 Å². The molecule has 0 aromatic carbocycles. The van der Waals surface area contributed by atoms with Crippen molar-refractivity contribution in [1.29, 1.82) is 0 Å². The van der Waals surface area contributed by atoms with Gasteiger partial charge < -0.3 is 33.8 Å². The minimum Gasteiger partial charge on any atom is -0.462 e. The van der Waals surface area contributed by atoms with E-state index in [9.17, 15) is 43.2 Å². The Balaban J connectivity index is 5.13. The van der Waals surface area contributed by atoms with Gasteiger partial charge in [0, 0.05) is 25.7 Å². The molecular weight excluding hydrogens is 1250 g/mol. The number of carbonyl (C=O) groups excluding carboxylic acids is 4. The quantitative estimate of drug-likeness (QED) is 0.0222. The highest BCUT2D eigenvalue weighted by Gasteiger charge is 2.30. The Kier molecular flexibility index (Phi) is 64.0. The van der Waals surface area contributed by atoms with Crippen LogP contribution in [0.2, 0.25) is 0 Å². The number of hydrogen-bond donors (Lipinski definition) is 3. The molecular formula is C76H148O17P2. The van der Waals surface area contributed by atoms with Gasteiger partial charge in [-0.15, -0.1) is 0 Å². The number of carbonyl (C=O) groups is 4. The first kappa shape index (κ1) is 93.1. The molecule has 0 saturated heterocycles. The zero-order chi connectivity index (χ0) is 70.3. The summed E-state index contributed by atoms with van der Waals surface area (Å²) in [4.78, 5) is 72.7. The molecule has 564 valence electrons. The summed E-state index contributed by atoms with van der Waals surface area (Å²) in [6.07, 6.45) is 50.4. The normalized spacial score (nSPS) is 14.4. The molecule has 0 bridgehead atoms. The van der Waals surface area contributed by atoms with Gasteiger partial charge in [-0.05, 0) is 49.4 Å². The van der Waals surface area contributed by atoms with Crippen molar-refractivity contribution >= 4 is 39.5 Å². The molecule has 0 saturated carbocycles. The summed E-state index contributed by atoms with van der Waals surface area (Å²) in [6, 6.07) is 0. The van der Waals surface area contributed by atoms with Gasteiger partial charge in [-0.2, -0.15) is 0 Å². The van der Waals surface area contributed by atoms with Crippen molar-refractivity contribution < 1.29 is 80.2 Å². The number of aliphatic hydroxyl groups excluding tert-OH is 1. The maximum Gasteiger partial charge on any atom is 0.472 e. The monoisotopic (exact) mass is 1400 g/mol. The molecule has 0 rings (SSSR count). The molecule has 19 heteroatoms. The maximum atomic E-state index is 13.1. The highest BCUT2D eigenvalue weighted by atomic mass is 31.2. The Labute approximate surface area is 581 Å². The van der Waals surface area contributed by atoms with Crippen LogP contribution in [0.4, 0.5) is 0 Å². The largest absolute Gasteiger partial charge is 0.472 e. The molecule has 0 aromatic heterocycles. The van der Waals surface area contributed by atoms with E-state index in [1.54, 1.807) is 0 Å². The molecule has 0 aliphatic heterocycles. The lowest BCUT2D eigenvalue weighted by atomic mass is 9.99. The molecule has 0 heterocycles. The van der Waals surface area contributed by atoms with E-state index in [0.717, 1.165) is 115 Å². The highest BCUT2D eigenvalue weighted by molar-refractivity contribution is 7.47. The standard InChI is InChI=1S/C76H148O17P2/c1-9-69(8)55-47-39-29-25-21-16-14-12-10-11-13-15-17-22-26-30-42-50-58-75(80)92-71(62-86-73(78)56-48-40-34-32-37-45-53-67(4)5)64-90-94(82,83)88-60-70(77)61-89-95(84,85)91-65-72(63-87-74(79)57-49-41-35-33-38-46-54-68(6)7)93-76(81)59-51-43-31-27-23-19-18-20-24-28-36-44-52-66(2)3/h66-72,77H,9-65H2,1-8H3,(H,82,83)(H,84,85)/t69?,70-,71-,72-/m1/s1. The number of unbranched alkanes of at least 4 members (excludes halogenated alkanes) is 38. The Morgan fingerprint density at radius 1 is 0.295 bits per heavy atom. The smallest absolute Gasteiger partial charge is 0.462 e. The van der Waals surface area contributed by atoms with E-state index in [2.05, 4.69) is 55.4 Å². The van der Waals surface area contributed by atoms with Gasteiger partial charge in [-0.25, -0.2) is 9.13 Å². The SMILES string of the molecule is CCC(C)CCCCCCCCCCCCCCCCCCCCC(=O)O[C@H](COC(=O)CCCCCCCCC(C)C)COP(=O)(O)OC[C@@H](O)COP(=O)(O)OC[C@@H](COC(=O)CCCCCCCCC(C)C)OC(=O)CCCCCCCCCCCCCCC(C)C. The molecule has 95 heavy (non-hydrogen) atoms. The van der Waals surface area contributed by atoms with Crippen LogP contribution in [0.5, 0.6) is 0 Å². The van der Waals surface area contributed by atoms with Crippen LogP contribution in [0.25, 0.3) is 0 Å². The lowest BCUT2D eigenvalue weighted by Gasteiger charge is -2.21. The molecule has 0 aliphatic carbocycles. The maximum absolute atomic E-state index is 13.1. The second-order valence-electron chi connectivity index (χ2n) is 29.1. The van der Waals surface area contributed by atoms with Crippen molar-refractivity contribution in [3.05, 3.63) is 0 Å². The number of aliphatic hydroxyl groups is 1. The molecule has 0 spiro atoms. The minimum atomic E-state index is -4.96. The van der Waals surface area contributed by atoms with Crippen molar-refractivity contribution in [2.45, 2.75) is 401 Å². The zero-order valence-electron chi connectivity index (χ0n) is 62.3. The average Bonchev–Trinajstić information content (AvgIpc) is 1.52. The topological polar surface area (TPSA) is 237 Å². The van der Waals surface area contributed by atoms with Crippen LogP contribution in [-0.4, -0.2) is 96.7 Å². The summed E-state index contributed by atoms with van der Waals surface area (Å²) in [6.45, 7) is 14.1. The first-order chi connectivity index (χ1) is 45.6. The molecule has 0 fully saturated rings. The predicted molar refractivity (Wildman–Crippen MR) is 386 cm³/mol. The first-order valence-corrected chi connectivity index (χ1v) is 42.2. The number of ether oxygens (including phenoxy) is 4. The van der Waals surface area contributed by atoms with Crippen LogP contribution >= 0.6 is 15.6 Å². The Hall–Kier alpha value is -1.94. The van der Waals surface area contributed by atoms with Crippen molar-refractivity contribution in [2.24, 2.45) is 23.7 Å². The van der Waals surface area contributed by atoms with Gasteiger partial charge in [0.05, 0.1) is 26.4 Å². The number of esters is 4. The van der Waals surface area contributed by atoms with E-state index in [1.807, 2.05) is 0 Å². The van der Waals surface area contributed by atoms with Crippen LogP contribution < -0.4 is 0 Å². The summed E-state index contributed by atoms with van der Waals surface area (Å²) in [5, 5.41) is 10.6. The highest BCUT2D eigenvalue weighted by Crippen LogP contribution is 2.45. The number of phosphoric ester groups is 2. The third-order valence-electron chi connectivity index (χ3n) is 17.9. The van der Waals surface area contributed by atoms with Crippen LogP contribution in [0.3, 0.4) is 0 Å². The molecule has 0 amide bonds. The summed E-state index contributed by atoms with van der Waals surface area (Å²) >= 11 is 0. The van der Waals surface area contributed by atoms with E-state index in [-0.39, 0.29) is 25.7 Å². The summed E-state index contributed by atoms with van der Waals surface area (Å²) in [7, 11) is -9.91.